The zero-order valence-electron chi connectivity index (χ0n) is 16.0. The Morgan fingerprint density at radius 1 is 1.18 bits per heavy atom. The van der Waals surface area contributed by atoms with Crippen LogP contribution in [-0.2, 0) is 6.54 Å². The minimum absolute atomic E-state index is 0.226. The van der Waals surface area contributed by atoms with Crippen LogP contribution in [0.15, 0.2) is 58.5 Å². The van der Waals surface area contributed by atoms with Gasteiger partial charge in [0.15, 0.2) is 4.80 Å². The lowest BCUT2D eigenvalue weighted by atomic mass is 10.0. The predicted molar refractivity (Wildman–Crippen MR) is 115 cm³/mol. The van der Waals surface area contributed by atoms with Gasteiger partial charge in [-0.2, -0.15) is 0 Å². The van der Waals surface area contributed by atoms with Gasteiger partial charge in [-0.25, -0.2) is 4.99 Å². The summed E-state index contributed by atoms with van der Waals surface area (Å²) in [5, 5.41) is 10.8. The number of nitrogens with zero attached hydrogens (tertiary/aromatic N) is 3. The number of hydrogen-bond acceptors (Lipinski definition) is 5. The molecule has 1 aliphatic rings. The van der Waals surface area contributed by atoms with E-state index in [1.165, 1.54) is 11.3 Å². The molecule has 1 N–H and O–H groups in total. The van der Waals surface area contributed by atoms with E-state index in [0.717, 1.165) is 43.7 Å². The minimum atomic E-state index is 0.226. The molecular formula is C22H21N3O2S. The Balaban J connectivity index is 1.80. The SMILES string of the molecule is CCn1c(O)c(C=C2C(C)=Nc3ccccc32)sc1=Nc1ccc(OC)cc1. The predicted octanol–water partition coefficient (Wildman–Crippen LogP) is 5.16. The van der Waals surface area contributed by atoms with Gasteiger partial charge in [0, 0.05) is 23.4 Å². The zero-order chi connectivity index (χ0) is 19.7. The van der Waals surface area contributed by atoms with E-state index in [9.17, 15) is 5.11 Å². The number of allylic oxidation sites excluding steroid dienone is 1. The average molecular weight is 391 g/mol. The molecule has 5 nitrogen and oxygen atoms in total. The highest BCUT2D eigenvalue weighted by molar-refractivity contribution is 7.10. The van der Waals surface area contributed by atoms with Crippen molar-refractivity contribution in [2.24, 2.45) is 9.98 Å². The Hall–Kier alpha value is -3.12. The first-order valence-corrected chi connectivity index (χ1v) is 9.90. The summed E-state index contributed by atoms with van der Waals surface area (Å²) in [6, 6.07) is 15.6. The fourth-order valence-electron chi connectivity index (χ4n) is 3.20. The summed E-state index contributed by atoms with van der Waals surface area (Å²) >= 11 is 1.46. The third-order valence-corrected chi connectivity index (χ3v) is 5.68. The maximum absolute atomic E-state index is 10.8. The summed E-state index contributed by atoms with van der Waals surface area (Å²) in [5.74, 6) is 1.01. The topological polar surface area (TPSA) is 59.1 Å². The van der Waals surface area contributed by atoms with Crippen LogP contribution in [0.1, 0.15) is 24.3 Å². The first-order valence-electron chi connectivity index (χ1n) is 9.09. The lowest BCUT2D eigenvalue weighted by molar-refractivity contribution is 0.414. The number of benzene rings is 2. The number of fused-ring (bicyclic) bond motifs is 1. The number of aromatic hydroxyl groups is 1. The molecule has 142 valence electrons. The normalized spacial score (nSPS) is 15.0. The molecule has 0 atom stereocenters. The highest BCUT2D eigenvalue weighted by Gasteiger charge is 2.19. The van der Waals surface area contributed by atoms with E-state index < -0.39 is 0 Å². The molecule has 0 unspecified atom stereocenters. The molecule has 0 amide bonds. The molecule has 1 aromatic heterocycles. The number of ether oxygens (including phenoxy) is 1. The first-order chi connectivity index (χ1) is 13.6. The quantitative estimate of drug-likeness (QED) is 0.667. The van der Waals surface area contributed by atoms with Gasteiger partial charge in [-0.15, -0.1) is 0 Å². The maximum Gasteiger partial charge on any atom is 0.211 e. The second-order valence-corrected chi connectivity index (χ2v) is 7.41. The van der Waals surface area contributed by atoms with Crippen molar-refractivity contribution in [2.75, 3.05) is 7.11 Å². The molecule has 0 aliphatic carbocycles. The van der Waals surface area contributed by atoms with E-state index in [-0.39, 0.29) is 5.88 Å². The largest absolute Gasteiger partial charge is 0.497 e. The lowest BCUT2D eigenvalue weighted by Gasteiger charge is -2.02. The van der Waals surface area contributed by atoms with Gasteiger partial charge in [0.2, 0.25) is 5.88 Å². The van der Waals surface area contributed by atoms with Crippen LogP contribution in [0.2, 0.25) is 0 Å². The van der Waals surface area contributed by atoms with Crippen molar-refractivity contribution in [3.63, 3.8) is 0 Å². The number of para-hydroxylation sites is 1. The van der Waals surface area contributed by atoms with Gasteiger partial charge in [-0.3, -0.25) is 9.56 Å². The average Bonchev–Trinajstić information content (AvgIpc) is 3.19. The van der Waals surface area contributed by atoms with Crippen LogP contribution < -0.4 is 9.54 Å². The van der Waals surface area contributed by atoms with Crippen molar-refractivity contribution in [3.05, 3.63) is 63.8 Å². The molecule has 0 fully saturated rings. The summed E-state index contributed by atoms with van der Waals surface area (Å²) in [7, 11) is 1.64. The number of hydrogen-bond donors (Lipinski definition) is 1. The summed E-state index contributed by atoms with van der Waals surface area (Å²) < 4.78 is 7.01. The van der Waals surface area contributed by atoms with Crippen molar-refractivity contribution >= 4 is 40.1 Å². The Morgan fingerprint density at radius 3 is 2.64 bits per heavy atom. The molecule has 0 saturated heterocycles. The minimum Gasteiger partial charge on any atom is -0.497 e. The molecule has 2 aromatic carbocycles. The molecule has 0 spiro atoms. The van der Waals surface area contributed by atoms with Gasteiger partial charge in [0.05, 0.1) is 23.4 Å². The number of rotatable bonds is 4. The lowest BCUT2D eigenvalue weighted by Crippen LogP contribution is -2.12. The number of aromatic nitrogens is 1. The Kier molecular flexibility index (Phi) is 4.88. The number of aliphatic imine (C=N–C) groups is 1. The van der Waals surface area contributed by atoms with Gasteiger partial charge < -0.3 is 9.84 Å². The van der Waals surface area contributed by atoms with Crippen molar-refractivity contribution in [2.45, 2.75) is 20.4 Å². The Labute approximate surface area is 167 Å². The summed E-state index contributed by atoms with van der Waals surface area (Å²) in [6.45, 7) is 4.62. The molecule has 1 aliphatic heterocycles. The van der Waals surface area contributed by atoms with Gasteiger partial charge in [-0.05, 0) is 50.3 Å². The molecule has 0 radical (unpaired) electrons. The van der Waals surface area contributed by atoms with Crippen LogP contribution in [-0.4, -0.2) is 22.5 Å². The molecule has 28 heavy (non-hydrogen) atoms. The third kappa shape index (κ3) is 3.27. The van der Waals surface area contributed by atoms with E-state index >= 15 is 0 Å². The fraction of sp³-hybridized carbons (Fsp3) is 0.182. The molecule has 2 heterocycles. The van der Waals surface area contributed by atoms with E-state index in [1.54, 1.807) is 7.11 Å². The first kappa shape index (κ1) is 18.3. The second kappa shape index (κ2) is 7.48. The monoisotopic (exact) mass is 391 g/mol. The third-order valence-electron chi connectivity index (χ3n) is 4.67. The summed E-state index contributed by atoms with van der Waals surface area (Å²) in [4.78, 5) is 10.9. The zero-order valence-corrected chi connectivity index (χ0v) is 16.8. The van der Waals surface area contributed by atoms with Crippen LogP contribution >= 0.6 is 11.3 Å². The van der Waals surface area contributed by atoms with Crippen molar-refractivity contribution in [3.8, 4) is 11.6 Å². The Bertz CT molecular complexity index is 1150. The number of methoxy groups -OCH3 is 1. The maximum atomic E-state index is 10.8. The molecule has 6 heteroatoms. The van der Waals surface area contributed by atoms with Crippen molar-refractivity contribution in [1.29, 1.82) is 0 Å². The summed E-state index contributed by atoms with van der Waals surface area (Å²) in [5.41, 5.74) is 4.85. The van der Waals surface area contributed by atoms with Gasteiger partial charge >= 0.3 is 0 Å². The van der Waals surface area contributed by atoms with E-state index in [0.29, 0.717) is 6.54 Å². The summed E-state index contributed by atoms with van der Waals surface area (Å²) in [6.07, 6.45) is 2.00. The highest BCUT2D eigenvalue weighted by Crippen LogP contribution is 2.37. The molecule has 0 saturated carbocycles. The smallest absolute Gasteiger partial charge is 0.211 e. The van der Waals surface area contributed by atoms with Gasteiger partial charge in [-0.1, -0.05) is 29.5 Å². The molecule has 0 bridgehead atoms. The van der Waals surface area contributed by atoms with Crippen molar-refractivity contribution < 1.29 is 9.84 Å². The molecular weight excluding hydrogens is 370 g/mol. The van der Waals surface area contributed by atoms with E-state index in [2.05, 4.69) is 11.1 Å². The second-order valence-electron chi connectivity index (χ2n) is 6.40. The molecule has 4 rings (SSSR count). The van der Waals surface area contributed by atoms with Gasteiger partial charge in [0.1, 0.15) is 5.75 Å². The molecule has 3 aromatic rings. The van der Waals surface area contributed by atoms with Crippen molar-refractivity contribution in [1.82, 2.24) is 4.57 Å². The van der Waals surface area contributed by atoms with Crippen LogP contribution in [0.4, 0.5) is 11.4 Å². The van der Waals surface area contributed by atoms with Crippen LogP contribution in [0, 0.1) is 0 Å². The van der Waals surface area contributed by atoms with E-state index in [4.69, 9.17) is 9.73 Å². The van der Waals surface area contributed by atoms with Crippen LogP contribution in [0.3, 0.4) is 0 Å². The van der Waals surface area contributed by atoms with Crippen LogP contribution in [0.5, 0.6) is 11.6 Å². The number of thiazole rings is 1. The van der Waals surface area contributed by atoms with E-state index in [1.807, 2.05) is 67.0 Å². The highest BCUT2D eigenvalue weighted by atomic mass is 32.1. The standard InChI is InChI=1S/C22H21N3O2S/c1-4-25-21(26)20(13-18-14(2)23-19-8-6-5-7-17(18)19)28-22(25)24-15-9-11-16(27-3)12-10-15/h5-13,26H,4H2,1-3H3. The van der Waals surface area contributed by atoms with Crippen LogP contribution in [0.25, 0.3) is 11.6 Å². The van der Waals surface area contributed by atoms with Gasteiger partial charge in [0.25, 0.3) is 0 Å². The fourth-order valence-corrected chi connectivity index (χ4v) is 4.25. The Morgan fingerprint density at radius 2 is 1.93 bits per heavy atom.